The number of aromatic nitrogens is 4. The van der Waals surface area contributed by atoms with Gasteiger partial charge in [-0.2, -0.15) is 4.90 Å². The molecule has 160 valence electrons. The Bertz CT molecular complexity index is 1320. The molecule has 7 heteroatoms. The molecule has 0 spiro atoms. The molecule has 32 heavy (non-hydrogen) atoms. The first-order valence-corrected chi connectivity index (χ1v) is 10.5. The van der Waals surface area contributed by atoms with Crippen molar-refractivity contribution in [1.82, 2.24) is 15.1 Å². The Morgan fingerprint density at radius 3 is 2.25 bits per heavy atom. The Hall–Kier alpha value is -4.00. The number of rotatable bonds is 4. The number of aryl methyl sites for hydroxylation is 1. The van der Waals surface area contributed by atoms with E-state index in [-0.39, 0.29) is 5.54 Å². The third-order valence-corrected chi connectivity index (χ3v) is 5.96. The van der Waals surface area contributed by atoms with Gasteiger partial charge in [0.1, 0.15) is 39.3 Å². The molecule has 5 rings (SSSR count). The summed E-state index contributed by atoms with van der Waals surface area (Å²) in [5.74, 6) is 1.50. The number of tetrazole rings is 1. The Morgan fingerprint density at radius 2 is 1.53 bits per heavy atom. The molecular formula is C25H26N6O+2. The maximum absolute atomic E-state index is 6.21. The van der Waals surface area contributed by atoms with Gasteiger partial charge in [0.2, 0.25) is 12.7 Å². The van der Waals surface area contributed by atoms with Crippen molar-refractivity contribution < 1.29 is 14.0 Å². The third kappa shape index (κ3) is 3.51. The monoisotopic (exact) mass is 426 g/mol. The number of nitrogens with zero attached hydrogens (tertiary/aromatic N) is 6. The molecule has 0 bridgehead atoms. The molecule has 0 amide bonds. The number of benzene rings is 3. The molecule has 0 aliphatic carbocycles. The standard InChI is InChI=1S/C25H26N6O/c1-25(2)23-13-5-6-14-24(23)30(17-28(25)3)19-9-7-11-21(15-19)32-22-12-8-10-20(16-22)31-18-29(4)26-27-31/h5-18H,1-4H3/q+2. The largest absolute Gasteiger partial charge is 0.457 e. The molecule has 0 N–H and O–H groups in total. The lowest BCUT2D eigenvalue weighted by Gasteiger charge is -2.33. The van der Waals surface area contributed by atoms with Gasteiger partial charge in [-0.3, -0.25) is 4.58 Å². The van der Waals surface area contributed by atoms with Crippen LogP contribution in [0, 0.1) is 0 Å². The smallest absolute Gasteiger partial charge is 0.250 e. The molecule has 0 saturated heterocycles. The van der Waals surface area contributed by atoms with E-state index in [4.69, 9.17) is 4.74 Å². The predicted octanol–water partition coefficient (Wildman–Crippen LogP) is 3.94. The zero-order valence-electron chi connectivity index (χ0n) is 18.7. The third-order valence-electron chi connectivity index (χ3n) is 5.96. The van der Waals surface area contributed by atoms with E-state index in [0.717, 1.165) is 22.9 Å². The second kappa shape index (κ2) is 7.60. The molecule has 7 nitrogen and oxygen atoms in total. The van der Waals surface area contributed by atoms with Crippen LogP contribution in [0.1, 0.15) is 19.4 Å². The van der Waals surface area contributed by atoms with Crippen LogP contribution in [0.25, 0.3) is 5.69 Å². The fourth-order valence-electron chi connectivity index (χ4n) is 3.93. The molecule has 0 unspecified atom stereocenters. The molecule has 2 heterocycles. The maximum atomic E-state index is 6.21. The van der Waals surface area contributed by atoms with Crippen LogP contribution in [-0.2, 0) is 12.6 Å². The highest BCUT2D eigenvalue weighted by atomic mass is 16.5. The summed E-state index contributed by atoms with van der Waals surface area (Å²) in [6.45, 7) is 4.47. The molecule has 3 aromatic carbocycles. The number of ether oxygens (including phenoxy) is 1. The molecule has 0 atom stereocenters. The van der Waals surface area contributed by atoms with Crippen LogP contribution >= 0.6 is 0 Å². The van der Waals surface area contributed by atoms with Crippen LogP contribution in [-0.4, -0.2) is 33.1 Å². The summed E-state index contributed by atoms with van der Waals surface area (Å²) >= 11 is 0. The van der Waals surface area contributed by atoms with Gasteiger partial charge in [0.25, 0.3) is 0 Å². The predicted molar refractivity (Wildman–Crippen MR) is 123 cm³/mol. The molecule has 1 aromatic heterocycles. The minimum absolute atomic E-state index is 0.0837. The summed E-state index contributed by atoms with van der Waals surface area (Å²) < 4.78 is 11.8. The van der Waals surface area contributed by atoms with Gasteiger partial charge in [0.05, 0.1) is 14.1 Å². The van der Waals surface area contributed by atoms with Crippen molar-refractivity contribution in [2.75, 3.05) is 11.9 Å². The second-order valence-electron chi connectivity index (χ2n) is 8.48. The van der Waals surface area contributed by atoms with Crippen LogP contribution in [0.4, 0.5) is 11.4 Å². The lowest BCUT2D eigenvalue weighted by Crippen LogP contribution is -2.41. The zero-order chi connectivity index (χ0) is 22.3. The first-order valence-electron chi connectivity index (χ1n) is 10.5. The lowest BCUT2D eigenvalue weighted by molar-refractivity contribution is -0.731. The number of para-hydroxylation sites is 1. The summed E-state index contributed by atoms with van der Waals surface area (Å²) in [6.07, 6.45) is 3.95. The normalized spacial score (nSPS) is 14.6. The summed E-state index contributed by atoms with van der Waals surface area (Å²) in [6, 6.07) is 24.5. The van der Waals surface area contributed by atoms with Gasteiger partial charge in [0.15, 0.2) is 5.21 Å². The average molecular weight is 427 g/mol. The Labute approximate surface area is 187 Å². The molecular weight excluding hydrogens is 400 g/mol. The van der Waals surface area contributed by atoms with Gasteiger partial charge in [-0.25, -0.2) is 0 Å². The Balaban J connectivity index is 1.47. The highest BCUT2D eigenvalue weighted by Gasteiger charge is 2.37. The van der Waals surface area contributed by atoms with Gasteiger partial charge in [-0.05, 0) is 44.2 Å². The topological polar surface area (TPSA) is 50.1 Å². The summed E-state index contributed by atoms with van der Waals surface area (Å²) in [5, 5.41) is 8.09. The van der Waals surface area contributed by atoms with Crippen molar-refractivity contribution in [1.29, 1.82) is 0 Å². The SMILES string of the molecule is C[N+]1=CN(c2cccc(Oc3cccc(-n4c[n+](C)nn4)c3)c2)c2ccccc2C1(C)C. The minimum Gasteiger partial charge on any atom is -0.457 e. The van der Waals surface area contributed by atoms with Crippen molar-refractivity contribution in [2.45, 2.75) is 19.4 Å². The average Bonchev–Trinajstić information content (AvgIpc) is 3.23. The fraction of sp³-hybridized carbons (Fsp3) is 0.200. The molecule has 0 radical (unpaired) electrons. The van der Waals surface area contributed by atoms with E-state index in [1.165, 1.54) is 11.3 Å². The highest BCUT2D eigenvalue weighted by molar-refractivity contribution is 5.90. The van der Waals surface area contributed by atoms with E-state index in [1.807, 2.05) is 43.4 Å². The number of hydrogen-bond acceptors (Lipinski definition) is 4. The van der Waals surface area contributed by atoms with Crippen molar-refractivity contribution in [2.24, 2.45) is 7.05 Å². The van der Waals surface area contributed by atoms with Crippen LogP contribution in [0.2, 0.25) is 0 Å². The van der Waals surface area contributed by atoms with Gasteiger partial charge in [-0.15, -0.1) is 4.68 Å². The van der Waals surface area contributed by atoms with Crippen LogP contribution in [0.5, 0.6) is 11.5 Å². The lowest BCUT2D eigenvalue weighted by atomic mass is 9.90. The van der Waals surface area contributed by atoms with E-state index >= 15 is 0 Å². The first kappa shape index (κ1) is 19.9. The quantitative estimate of drug-likeness (QED) is 0.464. The molecule has 1 aliphatic rings. The maximum Gasteiger partial charge on any atom is 0.250 e. The zero-order valence-corrected chi connectivity index (χ0v) is 18.7. The molecule has 4 aromatic rings. The highest BCUT2D eigenvalue weighted by Crippen LogP contribution is 2.39. The van der Waals surface area contributed by atoms with E-state index in [1.54, 1.807) is 15.7 Å². The Morgan fingerprint density at radius 1 is 0.844 bits per heavy atom. The number of anilines is 2. The first-order chi connectivity index (χ1) is 15.4. The summed E-state index contributed by atoms with van der Waals surface area (Å²) in [5.41, 5.74) is 4.30. The summed E-state index contributed by atoms with van der Waals surface area (Å²) in [7, 11) is 3.95. The van der Waals surface area contributed by atoms with Crippen molar-refractivity contribution in [3.8, 4) is 17.2 Å². The van der Waals surface area contributed by atoms with Gasteiger partial charge in [-0.1, -0.05) is 35.0 Å². The van der Waals surface area contributed by atoms with Crippen LogP contribution < -0.4 is 14.3 Å². The fourth-order valence-corrected chi connectivity index (χ4v) is 3.93. The molecule has 0 saturated carbocycles. The Kier molecular flexibility index (Phi) is 4.74. The van der Waals surface area contributed by atoms with Crippen molar-refractivity contribution >= 4 is 17.7 Å². The van der Waals surface area contributed by atoms with Crippen LogP contribution in [0.3, 0.4) is 0 Å². The minimum atomic E-state index is -0.0837. The van der Waals surface area contributed by atoms with E-state index < -0.39 is 0 Å². The number of hydrogen-bond donors (Lipinski definition) is 0. The van der Waals surface area contributed by atoms with E-state index in [0.29, 0.717) is 0 Å². The summed E-state index contributed by atoms with van der Waals surface area (Å²) in [4.78, 5) is 2.21. The number of fused-ring (bicyclic) bond motifs is 1. The van der Waals surface area contributed by atoms with Gasteiger partial charge in [0, 0.05) is 17.7 Å². The molecule has 1 aliphatic heterocycles. The van der Waals surface area contributed by atoms with Gasteiger partial charge < -0.3 is 4.74 Å². The van der Waals surface area contributed by atoms with E-state index in [2.05, 4.69) is 83.5 Å². The van der Waals surface area contributed by atoms with Crippen molar-refractivity contribution in [3.05, 3.63) is 84.7 Å². The van der Waals surface area contributed by atoms with Crippen molar-refractivity contribution in [3.63, 3.8) is 0 Å². The van der Waals surface area contributed by atoms with E-state index in [9.17, 15) is 0 Å². The van der Waals surface area contributed by atoms with Gasteiger partial charge >= 0.3 is 0 Å². The second-order valence-corrected chi connectivity index (χ2v) is 8.48. The molecule has 0 fully saturated rings. The van der Waals surface area contributed by atoms with Crippen LogP contribution in [0.15, 0.2) is 79.1 Å².